The number of thioether (sulfide) groups is 1. The molecule has 5 aliphatic rings. The van der Waals surface area contributed by atoms with E-state index in [9.17, 15) is 14.0 Å². The van der Waals surface area contributed by atoms with Crippen molar-refractivity contribution in [3.8, 4) is 12.1 Å². The molecule has 3 N–H and O–H groups in total. The Morgan fingerprint density at radius 2 is 2.07 bits per heavy atom. The molecule has 9 nitrogen and oxygen atoms in total. The van der Waals surface area contributed by atoms with Crippen LogP contribution in [0, 0.1) is 22.7 Å². The van der Waals surface area contributed by atoms with Gasteiger partial charge in [0.25, 0.3) is 6.43 Å². The zero-order valence-electron chi connectivity index (χ0n) is 25.5. The lowest BCUT2D eigenvalue weighted by molar-refractivity contribution is 0.151. The van der Waals surface area contributed by atoms with Crippen LogP contribution in [0.2, 0.25) is 0 Å². The van der Waals surface area contributed by atoms with E-state index in [4.69, 9.17) is 15.5 Å². The van der Waals surface area contributed by atoms with E-state index in [1.54, 1.807) is 0 Å². The van der Waals surface area contributed by atoms with Gasteiger partial charge in [0.1, 0.15) is 17.8 Å². The van der Waals surface area contributed by atoms with E-state index in [1.807, 2.05) is 0 Å². The standard InChI is InChI=1S/C32H36F4N8OS/c1-2-18-14-44(10-8-39-18)30-21-12-40-25(19-3-4-22(34)27-23(19)20(11-37)29(38)46-27)24(28(35)36)26(21)41-31(42-30)45-16-32(6-7-32)15-43-9-5-17(33)13-43/h3-4,12,17-18,23,27-28,39H,2,5-10,13-16,38H2,1H3/t17-,18?,23?,27?/m1/s1. The van der Waals surface area contributed by atoms with Gasteiger partial charge in [-0.15, -0.1) is 0 Å². The first-order valence-corrected chi connectivity index (χ1v) is 16.7. The fraction of sp³-hybridized carbons (Fsp3) is 0.562. The number of piperazine rings is 1. The van der Waals surface area contributed by atoms with Gasteiger partial charge in [-0.2, -0.15) is 15.2 Å². The van der Waals surface area contributed by atoms with Crippen molar-refractivity contribution in [2.75, 3.05) is 50.8 Å². The van der Waals surface area contributed by atoms with Crippen molar-refractivity contribution in [1.29, 1.82) is 5.26 Å². The molecule has 4 atom stereocenters. The van der Waals surface area contributed by atoms with Crippen LogP contribution >= 0.6 is 11.8 Å². The number of nitrogens with one attached hydrogen (secondary N) is 1. The maximum Gasteiger partial charge on any atom is 0.318 e. The van der Waals surface area contributed by atoms with E-state index >= 15 is 8.78 Å². The van der Waals surface area contributed by atoms with E-state index in [1.165, 1.54) is 18.3 Å². The molecule has 2 aromatic heterocycles. The van der Waals surface area contributed by atoms with Gasteiger partial charge < -0.3 is 20.7 Å². The van der Waals surface area contributed by atoms with Crippen LogP contribution in [0.25, 0.3) is 16.5 Å². The molecule has 7 rings (SSSR count). The Hall–Kier alpha value is -3.41. The minimum absolute atomic E-state index is 0.00447. The Morgan fingerprint density at radius 3 is 2.76 bits per heavy atom. The molecule has 3 unspecified atom stereocenters. The van der Waals surface area contributed by atoms with E-state index in [2.05, 4.69) is 38.1 Å². The third kappa shape index (κ3) is 5.71. The van der Waals surface area contributed by atoms with Crippen LogP contribution in [0.4, 0.5) is 23.4 Å². The quantitative estimate of drug-likeness (QED) is 0.356. The minimum atomic E-state index is -3.00. The molecule has 2 saturated heterocycles. The largest absolute Gasteiger partial charge is 0.463 e. The summed E-state index contributed by atoms with van der Waals surface area (Å²) in [4.78, 5) is 18.1. The van der Waals surface area contributed by atoms with E-state index in [0.717, 1.165) is 31.0 Å². The number of aromatic nitrogens is 3. The van der Waals surface area contributed by atoms with Crippen molar-refractivity contribution < 1.29 is 22.3 Å². The van der Waals surface area contributed by atoms with Crippen molar-refractivity contribution in [1.82, 2.24) is 25.2 Å². The number of rotatable bonds is 9. The molecule has 2 aliphatic carbocycles. The second-order valence-corrected chi connectivity index (χ2v) is 14.1. The molecule has 0 radical (unpaired) electrons. The minimum Gasteiger partial charge on any atom is -0.463 e. The first-order chi connectivity index (χ1) is 22.2. The highest BCUT2D eigenvalue weighted by molar-refractivity contribution is 8.04. The van der Waals surface area contributed by atoms with Gasteiger partial charge in [-0.05, 0) is 37.3 Å². The third-order valence-corrected chi connectivity index (χ3v) is 11.0. The lowest BCUT2D eigenvalue weighted by Crippen LogP contribution is -2.50. The fourth-order valence-electron chi connectivity index (χ4n) is 7.08. The average Bonchev–Trinajstić information content (AvgIpc) is 3.56. The Balaban J connectivity index is 1.31. The molecular formula is C32H36F4N8OS. The second kappa shape index (κ2) is 12.3. The molecule has 5 heterocycles. The topological polar surface area (TPSA) is 116 Å². The number of ether oxygens (including phenoxy) is 1. The van der Waals surface area contributed by atoms with Crippen molar-refractivity contribution in [2.24, 2.45) is 17.1 Å². The highest BCUT2D eigenvalue weighted by Crippen LogP contribution is 2.52. The number of fused-ring (bicyclic) bond motifs is 2. The van der Waals surface area contributed by atoms with Crippen molar-refractivity contribution in [2.45, 2.75) is 56.5 Å². The molecular weight excluding hydrogens is 620 g/mol. The number of nitrogens with zero attached hydrogens (tertiary/aromatic N) is 6. The molecule has 0 spiro atoms. The molecule has 3 aliphatic heterocycles. The number of nitrogens with two attached hydrogens (primary N) is 1. The van der Waals surface area contributed by atoms with Gasteiger partial charge in [-0.3, -0.25) is 9.88 Å². The Labute approximate surface area is 268 Å². The molecule has 46 heavy (non-hydrogen) atoms. The van der Waals surface area contributed by atoms with Crippen molar-refractivity contribution in [3.05, 3.63) is 46.0 Å². The van der Waals surface area contributed by atoms with Crippen LogP contribution in [-0.4, -0.2) is 83.2 Å². The molecule has 1 saturated carbocycles. The number of hydrogen-bond acceptors (Lipinski definition) is 10. The monoisotopic (exact) mass is 656 g/mol. The van der Waals surface area contributed by atoms with Crippen LogP contribution < -0.4 is 20.7 Å². The van der Waals surface area contributed by atoms with Crippen LogP contribution in [0.15, 0.2) is 34.8 Å². The summed E-state index contributed by atoms with van der Waals surface area (Å²) in [7, 11) is 0. The smallest absolute Gasteiger partial charge is 0.318 e. The van der Waals surface area contributed by atoms with Gasteiger partial charge in [0.2, 0.25) is 0 Å². The van der Waals surface area contributed by atoms with Crippen LogP contribution in [-0.2, 0) is 0 Å². The number of halogens is 4. The third-order valence-electron chi connectivity index (χ3n) is 9.80. The van der Waals surface area contributed by atoms with Crippen LogP contribution in [0.5, 0.6) is 6.01 Å². The molecule has 0 amide bonds. The maximum atomic E-state index is 15.2. The first-order valence-electron chi connectivity index (χ1n) is 15.8. The van der Waals surface area contributed by atoms with E-state index in [0.29, 0.717) is 56.9 Å². The fourth-order valence-corrected chi connectivity index (χ4v) is 8.26. The zero-order chi connectivity index (χ0) is 32.2. The summed E-state index contributed by atoms with van der Waals surface area (Å²) in [6, 6.07) is 2.23. The SMILES string of the molecule is CCC1CN(c2nc(OCC3(CN4CC[C@@H](F)C4)CC3)nc3c(C(F)F)c(C4=CC=C(F)C5SC(N)=C(C#N)C45)ncc23)CCN1. The van der Waals surface area contributed by atoms with Gasteiger partial charge in [-0.25, -0.2) is 17.6 Å². The number of nitriles is 1. The molecule has 0 bridgehead atoms. The second-order valence-electron chi connectivity index (χ2n) is 12.9. The first kappa shape index (κ1) is 31.2. The molecule has 3 fully saturated rings. The van der Waals surface area contributed by atoms with Gasteiger partial charge in [-0.1, -0.05) is 24.8 Å². The average molecular weight is 657 g/mol. The molecule has 14 heteroatoms. The summed E-state index contributed by atoms with van der Waals surface area (Å²) >= 11 is 1.01. The highest BCUT2D eigenvalue weighted by atomic mass is 32.2. The number of hydrogen-bond donors (Lipinski definition) is 2. The number of allylic oxidation sites excluding steroid dienone is 4. The van der Waals surface area contributed by atoms with Gasteiger partial charge in [0.05, 0.1) is 50.7 Å². The summed E-state index contributed by atoms with van der Waals surface area (Å²) in [5, 5.41) is 13.0. The Kier molecular flexibility index (Phi) is 8.35. The molecule has 2 aromatic rings. The zero-order valence-corrected chi connectivity index (χ0v) is 26.3. The normalized spacial score (nSPS) is 27.5. The Bertz CT molecular complexity index is 1670. The van der Waals surface area contributed by atoms with Crippen LogP contribution in [0.1, 0.15) is 50.3 Å². The summed E-state index contributed by atoms with van der Waals surface area (Å²) in [6.07, 6.45) is 3.57. The van der Waals surface area contributed by atoms with E-state index < -0.39 is 35.2 Å². The summed E-state index contributed by atoms with van der Waals surface area (Å²) in [5.74, 6) is -0.881. The summed E-state index contributed by atoms with van der Waals surface area (Å²) < 4.78 is 65.4. The number of pyridine rings is 1. The van der Waals surface area contributed by atoms with Crippen molar-refractivity contribution >= 4 is 34.1 Å². The number of alkyl halides is 3. The van der Waals surface area contributed by atoms with Crippen LogP contribution in [0.3, 0.4) is 0 Å². The lowest BCUT2D eigenvalue weighted by atomic mass is 9.82. The predicted molar refractivity (Wildman–Crippen MR) is 169 cm³/mol. The molecule has 0 aromatic carbocycles. The van der Waals surface area contributed by atoms with Gasteiger partial charge in [0, 0.05) is 62.8 Å². The van der Waals surface area contributed by atoms with E-state index in [-0.39, 0.29) is 51.5 Å². The molecule has 244 valence electrons. The summed E-state index contributed by atoms with van der Waals surface area (Å²) in [5.41, 5.74) is 5.88. The Morgan fingerprint density at radius 1 is 1.24 bits per heavy atom. The highest BCUT2D eigenvalue weighted by Gasteiger charge is 2.46. The maximum absolute atomic E-state index is 15.2. The van der Waals surface area contributed by atoms with Gasteiger partial charge in [0.15, 0.2) is 0 Å². The van der Waals surface area contributed by atoms with Crippen molar-refractivity contribution in [3.63, 3.8) is 0 Å². The predicted octanol–water partition coefficient (Wildman–Crippen LogP) is 5.03. The van der Waals surface area contributed by atoms with Gasteiger partial charge >= 0.3 is 6.01 Å². The number of likely N-dealkylation sites (tertiary alicyclic amines) is 1. The lowest BCUT2D eigenvalue weighted by Gasteiger charge is -2.35. The summed E-state index contributed by atoms with van der Waals surface area (Å²) in [6.45, 7) is 6.10. The number of anilines is 1.